The van der Waals surface area contributed by atoms with Crippen molar-refractivity contribution in [2.75, 3.05) is 63.3 Å². The standard InChI is InChI=1S/C15H26N6O2/c1-4-21-14(18(2)3)12(13(16)19-5-7-23-8-6-19)17-15(21)20-9-11(22)10-20/h11,16,22H,4-10H2,1-3H3. The Bertz CT molecular complexity index is 573. The number of morpholine rings is 1. The van der Waals surface area contributed by atoms with Gasteiger partial charge in [-0.05, 0) is 6.92 Å². The van der Waals surface area contributed by atoms with Gasteiger partial charge >= 0.3 is 0 Å². The van der Waals surface area contributed by atoms with Crippen molar-refractivity contribution in [2.45, 2.75) is 19.6 Å². The van der Waals surface area contributed by atoms with Crippen LogP contribution in [-0.4, -0.2) is 85.0 Å². The maximum absolute atomic E-state index is 9.59. The quantitative estimate of drug-likeness (QED) is 0.591. The van der Waals surface area contributed by atoms with Crippen molar-refractivity contribution in [3.63, 3.8) is 0 Å². The summed E-state index contributed by atoms with van der Waals surface area (Å²) in [5.41, 5.74) is 0.704. The molecule has 0 saturated carbocycles. The highest BCUT2D eigenvalue weighted by atomic mass is 16.5. The predicted octanol–water partition coefficient (Wildman–Crippen LogP) is -0.193. The van der Waals surface area contributed by atoms with Gasteiger partial charge in [0.15, 0.2) is 5.84 Å². The first-order chi connectivity index (χ1) is 11.0. The second kappa shape index (κ2) is 6.37. The van der Waals surface area contributed by atoms with Crippen molar-refractivity contribution in [1.82, 2.24) is 14.5 Å². The summed E-state index contributed by atoms with van der Waals surface area (Å²) in [6.45, 7) is 6.82. The number of rotatable bonds is 4. The molecule has 0 aromatic carbocycles. The minimum absolute atomic E-state index is 0.276. The number of anilines is 2. The van der Waals surface area contributed by atoms with E-state index in [1.165, 1.54) is 0 Å². The molecule has 0 radical (unpaired) electrons. The minimum Gasteiger partial charge on any atom is -0.389 e. The van der Waals surface area contributed by atoms with Crippen LogP contribution in [0.3, 0.4) is 0 Å². The van der Waals surface area contributed by atoms with E-state index in [2.05, 4.69) is 16.4 Å². The second-order valence-corrected chi connectivity index (χ2v) is 6.23. The summed E-state index contributed by atoms with van der Waals surface area (Å²) in [5, 5.41) is 18.2. The zero-order valence-electron chi connectivity index (χ0n) is 14.1. The Morgan fingerprint density at radius 2 is 2.00 bits per heavy atom. The summed E-state index contributed by atoms with van der Waals surface area (Å²) >= 11 is 0. The lowest BCUT2D eigenvalue weighted by Crippen LogP contribution is -2.52. The maximum atomic E-state index is 9.59. The van der Waals surface area contributed by atoms with Gasteiger partial charge in [-0.2, -0.15) is 0 Å². The highest BCUT2D eigenvalue weighted by Gasteiger charge is 2.32. The monoisotopic (exact) mass is 322 g/mol. The van der Waals surface area contributed by atoms with E-state index in [0.717, 1.165) is 31.4 Å². The second-order valence-electron chi connectivity index (χ2n) is 6.23. The van der Waals surface area contributed by atoms with Crippen LogP contribution in [0.5, 0.6) is 0 Å². The molecule has 0 unspecified atom stereocenters. The Hall–Kier alpha value is -1.80. The van der Waals surface area contributed by atoms with E-state index in [-0.39, 0.29) is 6.10 Å². The van der Waals surface area contributed by atoms with E-state index in [9.17, 15) is 5.11 Å². The molecule has 3 heterocycles. The molecule has 0 bridgehead atoms. The van der Waals surface area contributed by atoms with Crippen molar-refractivity contribution in [3.8, 4) is 0 Å². The Kier molecular flexibility index (Phi) is 4.45. The molecule has 128 valence electrons. The number of hydrogen-bond acceptors (Lipinski definition) is 6. The number of amidine groups is 1. The van der Waals surface area contributed by atoms with Crippen molar-refractivity contribution >= 4 is 17.6 Å². The van der Waals surface area contributed by atoms with Crippen LogP contribution in [0.2, 0.25) is 0 Å². The molecule has 1 aromatic heterocycles. The van der Waals surface area contributed by atoms with Crippen molar-refractivity contribution < 1.29 is 9.84 Å². The van der Waals surface area contributed by atoms with Crippen LogP contribution in [0, 0.1) is 5.41 Å². The van der Waals surface area contributed by atoms with E-state index in [4.69, 9.17) is 15.1 Å². The van der Waals surface area contributed by atoms with E-state index >= 15 is 0 Å². The first kappa shape index (κ1) is 16.1. The van der Waals surface area contributed by atoms with Gasteiger partial charge in [-0.3, -0.25) is 9.98 Å². The van der Waals surface area contributed by atoms with E-state index < -0.39 is 0 Å². The summed E-state index contributed by atoms with van der Waals surface area (Å²) in [5.74, 6) is 2.24. The van der Waals surface area contributed by atoms with Crippen LogP contribution in [0.1, 0.15) is 12.6 Å². The normalized spacial score (nSPS) is 19.0. The fraction of sp³-hybridized carbons (Fsp3) is 0.733. The SMILES string of the molecule is CCn1c(N2CC(O)C2)nc(C(=N)N2CCOCC2)c1N(C)C. The largest absolute Gasteiger partial charge is 0.389 e. The van der Waals surface area contributed by atoms with Crippen LogP contribution in [0.15, 0.2) is 0 Å². The van der Waals surface area contributed by atoms with Crippen molar-refractivity contribution in [2.24, 2.45) is 0 Å². The molecular formula is C15H26N6O2. The lowest BCUT2D eigenvalue weighted by Gasteiger charge is -2.37. The molecule has 1 aromatic rings. The summed E-state index contributed by atoms with van der Waals surface area (Å²) in [6, 6.07) is 0. The summed E-state index contributed by atoms with van der Waals surface area (Å²) in [6.07, 6.45) is -0.276. The average molecular weight is 322 g/mol. The van der Waals surface area contributed by atoms with Gasteiger partial charge in [0.25, 0.3) is 0 Å². The van der Waals surface area contributed by atoms with Gasteiger partial charge in [0.05, 0.1) is 19.3 Å². The van der Waals surface area contributed by atoms with Gasteiger partial charge in [-0.1, -0.05) is 0 Å². The Labute approximate surface area is 136 Å². The van der Waals surface area contributed by atoms with Gasteiger partial charge in [0, 0.05) is 46.8 Å². The van der Waals surface area contributed by atoms with Crippen LogP contribution in [-0.2, 0) is 11.3 Å². The molecule has 3 rings (SSSR count). The molecule has 2 saturated heterocycles. The maximum Gasteiger partial charge on any atom is 0.208 e. The molecule has 23 heavy (non-hydrogen) atoms. The van der Waals surface area contributed by atoms with Gasteiger partial charge in [-0.15, -0.1) is 0 Å². The molecule has 8 nitrogen and oxygen atoms in total. The number of β-amino-alcohol motifs (C(OH)–C–C–N with tert-alkyl or cyclic N) is 1. The number of hydrogen-bond donors (Lipinski definition) is 2. The molecule has 2 aliphatic rings. The highest BCUT2D eigenvalue weighted by Crippen LogP contribution is 2.30. The molecule has 0 atom stereocenters. The molecule has 0 spiro atoms. The van der Waals surface area contributed by atoms with Crippen molar-refractivity contribution in [1.29, 1.82) is 5.41 Å². The summed E-state index contributed by atoms with van der Waals surface area (Å²) < 4.78 is 7.50. The van der Waals surface area contributed by atoms with Crippen LogP contribution in [0.25, 0.3) is 0 Å². The first-order valence-electron chi connectivity index (χ1n) is 8.15. The van der Waals surface area contributed by atoms with Gasteiger partial charge in [0.2, 0.25) is 5.95 Å². The minimum atomic E-state index is -0.276. The smallest absolute Gasteiger partial charge is 0.208 e. The van der Waals surface area contributed by atoms with E-state index in [1.807, 2.05) is 23.9 Å². The van der Waals surface area contributed by atoms with Gasteiger partial charge in [-0.25, -0.2) is 4.98 Å². The molecule has 2 aliphatic heterocycles. The lowest BCUT2D eigenvalue weighted by atomic mass is 10.2. The number of aliphatic hydroxyl groups excluding tert-OH is 1. The van der Waals surface area contributed by atoms with Crippen LogP contribution < -0.4 is 9.80 Å². The van der Waals surface area contributed by atoms with Gasteiger partial charge < -0.3 is 24.5 Å². The third-order valence-electron chi connectivity index (χ3n) is 4.36. The number of nitrogens with zero attached hydrogens (tertiary/aromatic N) is 5. The van der Waals surface area contributed by atoms with E-state index in [0.29, 0.717) is 37.8 Å². The number of ether oxygens (including phenoxy) is 1. The Morgan fingerprint density at radius 1 is 1.35 bits per heavy atom. The number of aliphatic hydroxyl groups is 1. The first-order valence-corrected chi connectivity index (χ1v) is 8.15. The average Bonchev–Trinajstić information content (AvgIpc) is 2.91. The van der Waals surface area contributed by atoms with Crippen LogP contribution in [0.4, 0.5) is 11.8 Å². The van der Waals surface area contributed by atoms with E-state index in [1.54, 1.807) is 0 Å². The fourth-order valence-corrected chi connectivity index (χ4v) is 3.13. The lowest BCUT2D eigenvalue weighted by molar-refractivity contribution is 0.0679. The third kappa shape index (κ3) is 2.88. The third-order valence-corrected chi connectivity index (χ3v) is 4.36. The molecule has 0 amide bonds. The highest BCUT2D eigenvalue weighted by molar-refractivity contribution is 6.00. The molecule has 2 fully saturated rings. The molecular weight excluding hydrogens is 296 g/mol. The molecule has 8 heteroatoms. The zero-order valence-corrected chi connectivity index (χ0v) is 14.1. The molecule has 0 aliphatic carbocycles. The number of aromatic nitrogens is 2. The predicted molar refractivity (Wildman–Crippen MR) is 89.7 cm³/mol. The fourth-order valence-electron chi connectivity index (χ4n) is 3.13. The molecule has 2 N–H and O–H groups in total. The number of imidazole rings is 1. The zero-order chi connectivity index (χ0) is 16.6. The van der Waals surface area contributed by atoms with Crippen LogP contribution >= 0.6 is 0 Å². The Balaban J connectivity index is 1.96. The Morgan fingerprint density at radius 3 is 2.52 bits per heavy atom. The van der Waals surface area contributed by atoms with Crippen molar-refractivity contribution in [3.05, 3.63) is 5.69 Å². The summed E-state index contributed by atoms with van der Waals surface area (Å²) in [4.78, 5) is 10.9. The topological polar surface area (TPSA) is 80.8 Å². The number of nitrogens with one attached hydrogen (secondary N) is 1. The van der Waals surface area contributed by atoms with Gasteiger partial charge in [0.1, 0.15) is 11.5 Å². The summed E-state index contributed by atoms with van der Waals surface area (Å²) in [7, 11) is 3.96.